The fourth-order valence-corrected chi connectivity index (χ4v) is 2.94. The Bertz CT molecular complexity index is 720. The fraction of sp³-hybridized carbons (Fsp3) is 0.214. The lowest BCUT2D eigenvalue weighted by Gasteiger charge is -2.06. The number of urea groups is 1. The topological polar surface area (TPSA) is 82.7 Å². The number of nitrogens with one attached hydrogen (secondary N) is 3. The molecule has 7 heteroatoms. The maximum atomic E-state index is 11.2. The number of aromatic amines is 1. The number of amides is 2. The van der Waals surface area contributed by atoms with E-state index in [-0.39, 0.29) is 6.03 Å². The highest BCUT2D eigenvalue weighted by Crippen LogP contribution is 2.25. The van der Waals surface area contributed by atoms with Crippen LogP contribution in [0.2, 0.25) is 0 Å². The lowest BCUT2D eigenvalue weighted by atomic mass is 10.1. The second-order valence-electron chi connectivity index (χ2n) is 4.54. The van der Waals surface area contributed by atoms with Crippen molar-refractivity contribution in [1.82, 2.24) is 20.3 Å². The van der Waals surface area contributed by atoms with Crippen LogP contribution in [0.5, 0.6) is 0 Å². The molecular weight excluding hydrogens is 286 g/mol. The molecule has 3 rings (SSSR count). The molecule has 6 nitrogen and oxygen atoms in total. The van der Waals surface area contributed by atoms with Gasteiger partial charge in [0.05, 0.1) is 12.0 Å². The molecule has 0 unspecified atom stereocenters. The molecule has 108 valence electrons. The van der Waals surface area contributed by atoms with Gasteiger partial charge in [-0.25, -0.2) is 14.8 Å². The van der Waals surface area contributed by atoms with Crippen LogP contribution in [-0.4, -0.2) is 28.0 Å². The minimum Gasteiger partial charge on any atom is -0.349 e. The van der Waals surface area contributed by atoms with E-state index in [1.54, 1.807) is 19.6 Å². The van der Waals surface area contributed by atoms with Crippen molar-refractivity contribution >= 4 is 22.5 Å². The molecule has 0 saturated carbocycles. The SMILES string of the molecule is CNC(=O)Nc1ncc(CCc2[nH]cnc3cccc2-3)s1. The van der Waals surface area contributed by atoms with E-state index in [2.05, 4.69) is 31.7 Å². The average molecular weight is 301 g/mol. The van der Waals surface area contributed by atoms with Crippen LogP contribution in [0.3, 0.4) is 0 Å². The number of hydrogen-bond donors (Lipinski definition) is 3. The molecule has 0 aromatic carbocycles. The summed E-state index contributed by atoms with van der Waals surface area (Å²) in [6, 6.07) is 5.83. The molecule has 1 aromatic rings. The summed E-state index contributed by atoms with van der Waals surface area (Å²) in [5.41, 5.74) is 3.33. The van der Waals surface area contributed by atoms with E-state index in [9.17, 15) is 4.79 Å². The van der Waals surface area contributed by atoms with Gasteiger partial charge in [-0.15, -0.1) is 11.3 Å². The number of aromatic nitrogens is 3. The number of nitrogens with zero attached hydrogens (tertiary/aromatic N) is 2. The number of thiazole rings is 1. The van der Waals surface area contributed by atoms with Crippen LogP contribution < -0.4 is 10.6 Å². The summed E-state index contributed by atoms with van der Waals surface area (Å²) in [5.74, 6) is 0. The molecule has 1 aromatic heterocycles. The van der Waals surface area contributed by atoms with Gasteiger partial charge < -0.3 is 10.3 Å². The summed E-state index contributed by atoms with van der Waals surface area (Å²) >= 11 is 1.49. The number of rotatable bonds is 4. The van der Waals surface area contributed by atoms with Crippen molar-refractivity contribution in [2.24, 2.45) is 0 Å². The van der Waals surface area contributed by atoms with Gasteiger partial charge in [0.15, 0.2) is 5.13 Å². The van der Waals surface area contributed by atoms with Crippen molar-refractivity contribution < 1.29 is 4.79 Å². The normalized spacial score (nSPS) is 10.7. The number of fused-ring (bicyclic) bond motifs is 1. The van der Waals surface area contributed by atoms with E-state index in [1.165, 1.54) is 17.0 Å². The Labute approximate surface area is 126 Å². The van der Waals surface area contributed by atoms with Gasteiger partial charge in [0, 0.05) is 29.4 Å². The number of carbonyl (C=O) groups is 1. The summed E-state index contributed by atoms with van der Waals surface area (Å²) in [4.78, 5) is 24.0. The first kappa shape index (κ1) is 13.6. The van der Waals surface area contributed by atoms with Crippen LogP contribution in [0.4, 0.5) is 9.93 Å². The first-order valence-electron chi connectivity index (χ1n) is 6.60. The van der Waals surface area contributed by atoms with Crippen LogP contribution in [0, 0.1) is 0 Å². The zero-order valence-corrected chi connectivity index (χ0v) is 12.3. The third kappa shape index (κ3) is 3.03. The summed E-state index contributed by atoms with van der Waals surface area (Å²) in [5, 5.41) is 5.79. The highest BCUT2D eigenvalue weighted by Gasteiger charge is 2.10. The summed E-state index contributed by atoms with van der Waals surface area (Å²) < 4.78 is 0. The molecule has 0 radical (unpaired) electrons. The Hall–Kier alpha value is -2.41. The summed E-state index contributed by atoms with van der Waals surface area (Å²) in [7, 11) is 1.58. The smallest absolute Gasteiger partial charge is 0.320 e. The second kappa shape index (κ2) is 5.92. The zero-order valence-electron chi connectivity index (χ0n) is 11.5. The Morgan fingerprint density at radius 3 is 3.10 bits per heavy atom. The van der Waals surface area contributed by atoms with Gasteiger partial charge in [-0.1, -0.05) is 12.1 Å². The van der Waals surface area contributed by atoms with E-state index in [0.29, 0.717) is 5.13 Å². The van der Waals surface area contributed by atoms with E-state index >= 15 is 0 Å². The van der Waals surface area contributed by atoms with Crippen LogP contribution in [-0.2, 0) is 12.8 Å². The molecule has 0 atom stereocenters. The number of carbonyl (C=O) groups excluding carboxylic acids is 1. The van der Waals surface area contributed by atoms with E-state index in [0.717, 1.165) is 29.0 Å². The minimum atomic E-state index is -0.253. The molecule has 1 aliphatic heterocycles. The number of H-pyrrole nitrogens is 1. The average Bonchev–Trinajstić information content (AvgIpc) is 3.13. The van der Waals surface area contributed by atoms with Crippen LogP contribution in [0.1, 0.15) is 10.6 Å². The van der Waals surface area contributed by atoms with Gasteiger partial charge in [0.25, 0.3) is 0 Å². The Morgan fingerprint density at radius 2 is 2.24 bits per heavy atom. The van der Waals surface area contributed by atoms with Gasteiger partial charge in [-0.2, -0.15) is 0 Å². The number of hydrogen-bond acceptors (Lipinski definition) is 4. The quantitative estimate of drug-likeness (QED) is 0.692. The van der Waals surface area contributed by atoms with Crippen LogP contribution in [0.25, 0.3) is 11.3 Å². The van der Waals surface area contributed by atoms with Crippen molar-refractivity contribution in [2.45, 2.75) is 12.8 Å². The van der Waals surface area contributed by atoms with Crippen molar-refractivity contribution in [3.05, 3.63) is 41.3 Å². The van der Waals surface area contributed by atoms with Crippen molar-refractivity contribution in [1.29, 1.82) is 0 Å². The van der Waals surface area contributed by atoms with Gasteiger partial charge in [-0.3, -0.25) is 5.32 Å². The molecule has 2 aliphatic rings. The lowest BCUT2D eigenvalue weighted by molar-refractivity contribution is 0.254. The van der Waals surface area contributed by atoms with E-state index < -0.39 is 0 Å². The standard InChI is InChI=1S/C14H15N5OS/c1-15-13(20)19-14-16-7-9(21-14)5-6-12-10-3-2-4-11(10)17-8-18-12/h2-4,7-8H,5-6H2,1H3,(H,17,18)(H2,15,16,19,20). The highest BCUT2D eigenvalue weighted by atomic mass is 32.1. The lowest BCUT2D eigenvalue weighted by Crippen LogP contribution is -2.24. The largest absolute Gasteiger partial charge is 0.349 e. The Morgan fingerprint density at radius 1 is 1.33 bits per heavy atom. The molecule has 0 bridgehead atoms. The molecule has 0 fully saturated rings. The van der Waals surface area contributed by atoms with Crippen molar-refractivity contribution in [3.63, 3.8) is 0 Å². The predicted molar refractivity (Wildman–Crippen MR) is 82.8 cm³/mol. The molecule has 0 saturated heterocycles. The Balaban J connectivity index is 1.65. The third-order valence-electron chi connectivity index (χ3n) is 3.18. The minimum absolute atomic E-state index is 0.253. The number of aryl methyl sites for hydroxylation is 2. The molecule has 1 aliphatic carbocycles. The second-order valence-corrected chi connectivity index (χ2v) is 5.66. The molecule has 2 amide bonds. The summed E-state index contributed by atoms with van der Waals surface area (Å²) in [6.45, 7) is 0. The molecule has 0 spiro atoms. The van der Waals surface area contributed by atoms with Gasteiger partial charge in [0.1, 0.15) is 0 Å². The van der Waals surface area contributed by atoms with Gasteiger partial charge in [-0.05, 0) is 18.9 Å². The molecule has 3 N–H and O–H groups in total. The monoisotopic (exact) mass is 301 g/mol. The third-order valence-corrected chi connectivity index (χ3v) is 4.16. The fourth-order valence-electron chi connectivity index (χ4n) is 2.13. The van der Waals surface area contributed by atoms with Crippen LogP contribution >= 0.6 is 11.3 Å². The van der Waals surface area contributed by atoms with E-state index in [4.69, 9.17) is 0 Å². The maximum Gasteiger partial charge on any atom is 0.320 e. The van der Waals surface area contributed by atoms with Crippen LogP contribution in [0.15, 0.2) is 30.7 Å². The first-order chi connectivity index (χ1) is 10.3. The van der Waals surface area contributed by atoms with Crippen molar-refractivity contribution in [3.8, 4) is 11.3 Å². The van der Waals surface area contributed by atoms with Gasteiger partial charge >= 0.3 is 6.03 Å². The van der Waals surface area contributed by atoms with Crippen molar-refractivity contribution in [2.75, 3.05) is 12.4 Å². The van der Waals surface area contributed by atoms with Gasteiger partial charge in [0.2, 0.25) is 0 Å². The number of anilines is 1. The highest BCUT2D eigenvalue weighted by molar-refractivity contribution is 7.15. The molecule has 21 heavy (non-hydrogen) atoms. The maximum absolute atomic E-state index is 11.2. The first-order valence-corrected chi connectivity index (χ1v) is 7.42. The van der Waals surface area contributed by atoms with E-state index in [1.807, 2.05) is 12.1 Å². The molecule has 2 heterocycles. The predicted octanol–water partition coefficient (Wildman–Crippen LogP) is 2.51. The summed E-state index contributed by atoms with van der Waals surface area (Å²) in [6.07, 6.45) is 5.28. The zero-order chi connectivity index (χ0) is 14.7. The Kier molecular flexibility index (Phi) is 3.83. The molecular formula is C14H15N5OS.